The minimum atomic E-state index is -0.920. The normalized spacial score (nSPS) is 11.0. The number of carboxylic acid groups (broad SMARTS) is 2. The number of aliphatic carboxylic acids is 2. The van der Waals surface area contributed by atoms with Gasteiger partial charge < -0.3 is 149 Å². The number of carbonyl (C=O) groups is 4. The highest BCUT2D eigenvalue weighted by Gasteiger charge is 2.15. The lowest BCUT2D eigenvalue weighted by Gasteiger charge is -2.13. The second kappa shape index (κ2) is 99.5. The summed E-state index contributed by atoms with van der Waals surface area (Å²) in [6.07, 6.45) is -0.111. The number of rotatable bonds is 91. The Labute approximate surface area is 876 Å². The van der Waals surface area contributed by atoms with Crippen LogP contribution in [-0.4, -0.2) is 434 Å². The number of hydrogen-bond acceptors (Lipinski definition) is 43. The Morgan fingerprint density at radius 2 is 0.514 bits per heavy atom. The van der Waals surface area contributed by atoms with Crippen LogP contribution in [0.3, 0.4) is 0 Å². The highest BCUT2D eigenvalue weighted by Crippen LogP contribution is 2.22. The summed E-state index contributed by atoms with van der Waals surface area (Å²) in [6.45, 7) is 32.9. The van der Waals surface area contributed by atoms with Crippen molar-refractivity contribution in [3.8, 4) is 51.3 Å². The number of aromatic nitrogens is 8. The molecule has 5 aromatic carbocycles. The molecule has 2 aromatic heterocycles. The van der Waals surface area contributed by atoms with Crippen LogP contribution >= 0.6 is 23.2 Å². The van der Waals surface area contributed by atoms with Gasteiger partial charge in [-0.25, -0.2) is 4.79 Å². The second-order valence-corrected chi connectivity index (χ2v) is 30.7. The highest BCUT2D eigenvalue weighted by molar-refractivity contribution is 6.40. The second-order valence-electron chi connectivity index (χ2n) is 29.9. The van der Waals surface area contributed by atoms with Gasteiger partial charge in [-0.2, -0.15) is 0 Å². The highest BCUT2D eigenvalue weighted by atomic mass is 35.5. The van der Waals surface area contributed by atoms with Gasteiger partial charge in [0.2, 0.25) is 23.3 Å². The lowest BCUT2D eigenvalue weighted by atomic mass is 10.1. The molecule has 832 valence electrons. The molecule has 0 aliphatic rings. The minimum absolute atomic E-state index is 0.00219. The van der Waals surface area contributed by atoms with E-state index in [0.717, 1.165) is 27.8 Å². The number of benzene rings is 5. The third kappa shape index (κ3) is 79.6. The summed E-state index contributed by atoms with van der Waals surface area (Å²) in [5.41, 5.74) is 9.94. The van der Waals surface area contributed by atoms with E-state index in [1.54, 1.807) is 24.3 Å². The van der Waals surface area contributed by atoms with Crippen LogP contribution in [0.4, 0.5) is 10.5 Å². The van der Waals surface area contributed by atoms with Crippen LogP contribution in [-0.2, 0) is 151 Å². The molecular weight excluding hydrogens is 1990 g/mol. The SMILES string of the molecule is CCN(CC)CC.ClCCl.NCCOCCOCCOCCOCCOCCOCCOCCOCCOCCOCCOCCOCCC(=O)O.O=C(O)CCOCCOCCOCCOCCOCCOCCOCCOCCOCCOCCOCCOCCCC(=O)OCc1ccc(-c2nnc(-c3ccccc3)nn2)cc1.O=C(OCc1ccc(-c2nnc(-c3ccccc3)nn2)cc1)Oc1ccc([N+](=O)[O-])cc1. The van der Waals surface area contributed by atoms with Gasteiger partial charge in [-0.15, -0.1) is 64.0 Å². The van der Waals surface area contributed by atoms with Gasteiger partial charge in [0.25, 0.3) is 5.69 Å². The van der Waals surface area contributed by atoms with Gasteiger partial charge in [0.15, 0.2) is 0 Å². The zero-order chi connectivity index (χ0) is 106. The molecule has 2 heterocycles. The number of hydrogen-bond donors (Lipinski definition) is 3. The number of halogens is 2. The van der Waals surface area contributed by atoms with Crippen LogP contribution in [0.2, 0.25) is 0 Å². The molecule has 7 aromatic rings. The molecule has 0 atom stereocenters. The molecule has 0 saturated carbocycles. The van der Waals surface area contributed by atoms with Gasteiger partial charge in [0.1, 0.15) is 19.0 Å². The van der Waals surface area contributed by atoms with E-state index >= 15 is 0 Å². The fourth-order valence-corrected chi connectivity index (χ4v) is 11.2. The predicted octanol–water partition coefficient (Wildman–Crippen LogP) is 9.71. The van der Waals surface area contributed by atoms with Crippen molar-refractivity contribution >= 4 is 53.0 Å². The molecule has 0 radical (unpaired) electrons. The van der Waals surface area contributed by atoms with Crippen molar-refractivity contribution in [2.45, 2.75) is 59.7 Å². The molecule has 0 fully saturated rings. The van der Waals surface area contributed by atoms with Gasteiger partial charge in [-0.05, 0) is 49.3 Å². The van der Waals surface area contributed by atoms with Gasteiger partial charge in [0.05, 0.1) is 334 Å². The number of nitrogens with two attached hydrogens (primary N) is 1. The number of nitrogens with zero attached hydrogens (tertiary/aromatic N) is 10. The van der Waals surface area contributed by atoms with E-state index < -0.39 is 23.0 Å². The molecule has 7 rings (SSSR count). The van der Waals surface area contributed by atoms with Crippen molar-refractivity contribution < 1.29 is 162 Å². The van der Waals surface area contributed by atoms with Crippen LogP contribution in [0.5, 0.6) is 5.75 Å². The first-order valence-electron chi connectivity index (χ1n) is 49.3. The van der Waals surface area contributed by atoms with E-state index in [0.29, 0.717) is 346 Å². The van der Waals surface area contributed by atoms with Crippen LogP contribution in [0.1, 0.15) is 57.6 Å². The molecule has 4 N–H and O–H groups in total. The van der Waals surface area contributed by atoms with Gasteiger partial charge >= 0.3 is 24.1 Å². The van der Waals surface area contributed by atoms with Crippen molar-refractivity contribution in [1.82, 2.24) is 45.7 Å². The van der Waals surface area contributed by atoms with E-state index in [1.807, 2.05) is 84.9 Å². The number of carboxylic acids is 2. The van der Waals surface area contributed by atoms with Crippen LogP contribution < -0.4 is 10.5 Å². The minimum Gasteiger partial charge on any atom is -0.481 e. The van der Waals surface area contributed by atoms with Crippen molar-refractivity contribution in [1.29, 1.82) is 0 Å². The maximum atomic E-state index is 12.2. The summed E-state index contributed by atoms with van der Waals surface area (Å²) in [4.78, 5) is 57.1. The Kier molecular flexibility index (Phi) is 89.3. The summed E-state index contributed by atoms with van der Waals surface area (Å²) in [5, 5.41) is 61.0. The largest absolute Gasteiger partial charge is 0.514 e. The standard InChI is InChI=1S/C44H66N4O16.C27H55NO14.C22H15N5O5.C6H15N.CH2Cl2/c49-41(50)12-14-53-16-18-55-20-22-57-24-26-59-28-30-61-32-34-63-36-35-62-33-31-60-29-27-58-25-23-56-21-19-54-17-15-52-13-4-7-42(51)64-37-38-8-10-40(11-9-38)44-47-45-43(46-48-44)39-5-2-1-3-6-39;28-2-4-32-6-8-34-10-12-36-14-16-38-18-20-40-22-24-42-26-25-41-23-21-39-19-17-37-15-13-35-11-9-33-7-5-31-3-1-27(29)30;28-22(32-19-12-10-18(11-13-19)27(29)30)31-14-15-6-8-17(9-7-15)21-25-23-20(24-26-21)16-4-2-1-3-5-16;1-4-7(5-2)6-3;2-1-3/h1-3,5-6,8-11H,4,7,12-37H2,(H,49,50);1-26,28H2,(H,29,30);1-13H,14H2;4-6H2,1-3H3;1H2. The summed E-state index contributed by atoms with van der Waals surface area (Å²) in [6, 6.07) is 38.5. The first-order chi connectivity index (χ1) is 72.7. The van der Waals surface area contributed by atoms with E-state index in [4.69, 9.17) is 167 Å². The zero-order valence-corrected chi connectivity index (χ0v) is 87.1. The first-order valence-corrected chi connectivity index (χ1v) is 50.3. The van der Waals surface area contributed by atoms with Crippen LogP contribution in [0, 0.1) is 10.1 Å². The van der Waals surface area contributed by atoms with Gasteiger partial charge in [-0.1, -0.05) is 130 Å². The fraction of sp³-hybridized carbons (Fsp3) is 0.620. The lowest BCUT2D eigenvalue weighted by molar-refractivity contribution is -0.384. The maximum absolute atomic E-state index is 12.2. The van der Waals surface area contributed by atoms with E-state index in [1.165, 1.54) is 43.9 Å². The average molecular weight is 2140 g/mol. The van der Waals surface area contributed by atoms with E-state index in [2.05, 4.69) is 66.5 Å². The molecule has 148 heavy (non-hydrogen) atoms. The zero-order valence-electron chi connectivity index (χ0n) is 85.6. The third-order valence-electron chi connectivity index (χ3n) is 18.8. The summed E-state index contributed by atoms with van der Waals surface area (Å²) < 4.78 is 145. The fourth-order valence-electron chi connectivity index (χ4n) is 11.2. The summed E-state index contributed by atoms with van der Waals surface area (Å²) >= 11 is 9.53. The number of non-ortho nitro benzene ring substituents is 1. The lowest BCUT2D eigenvalue weighted by Crippen LogP contribution is -2.21. The van der Waals surface area contributed by atoms with E-state index in [9.17, 15) is 29.3 Å². The Hall–Kier alpha value is -9.40. The molecule has 0 bridgehead atoms. The van der Waals surface area contributed by atoms with Crippen molar-refractivity contribution in [2.75, 3.05) is 349 Å². The number of alkyl halides is 2. The third-order valence-corrected chi connectivity index (χ3v) is 18.8. The predicted molar refractivity (Wildman–Crippen MR) is 543 cm³/mol. The molecule has 0 aliphatic heterocycles. The van der Waals surface area contributed by atoms with Crippen molar-refractivity contribution in [2.24, 2.45) is 5.73 Å². The number of carbonyl (C=O) groups excluding carboxylic acids is 2. The molecular formula is C100H153Cl2N11O35. The first kappa shape index (κ1) is 133. The van der Waals surface area contributed by atoms with Gasteiger partial charge in [-0.3, -0.25) is 24.5 Å². The van der Waals surface area contributed by atoms with Crippen LogP contribution in [0.15, 0.2) is 133 Å². The number of ether oxygens (including phenoxy) is 27. The quantitative estimate of drug-likeness (QED) is 0.00796. The monoisotopic (exact) mass is 2140 g/mol. The van der Waals surface area contributed by atoms with Gasteiger partial charge in [0, 0.05) is 54.0 Å². The molecule has 0 spiro atoms. The number of nitro groups is 1. The topological polar surface area (TPSA) is 533 Å². The average Bonchev–Trinajstić information content (AvgIpc) is 0.841. The van der Waals surface area contributed by atoms with Crippen LogP contribution in [0.25, 0.3) is 45.6 Å². The number of esters is 1. The Morgan fingerprint density at radius 1 is 0.297 bits per heavy atom. The molecule has 48 heteroatoms. The molecule has 0 aliphatic carbocycles. The van der Waals surface area contributed by atoms with Crippen molar-refractivity contribution in [3.05, 3.63) is 155 Å². The Balaban J connectivity index is 0.000000574. The maximum Gasteiger partial charge on any atom is 0.514 e. The molecule has 0 amide bonds. The number of nitro benzene ring substituents is 1. The molecule has 0 unspecified atom stereocenters. The summed E-state index contributed by atoms with van der Waals surface area (Å²) in [5.74, 6) is -0.213. The summed E-state index contributed by atoms with van der Waals surface area (Å²) in [7, 11) is 0. The molecule has 46 nitrogen and oxygen atoms in total. The molecule has 0 saturated heterocycles. The smallest absolute Gasteiger partial charge is 0.481 e. The Bertz CT molecular complexity index is 4200. The Morgan fingerprint density at radius 3 is 0.730 bits per heavy atom. The van der Waals surface area contributed by atoms with E-state index in [-0.39, 0.29) is 68.4 Å². The van der Waals surface area contributed by atoms with Crippen molar-refractivity contribution in [3.63, 3.8) is 0 Å².